The van der Waals surface area contributed by atoms with Gasteiger partial charge in [-0.25, -0.2) is 9.78 Å². The summed E-state index contributed by atoms with van der Waals surface area (Å²) in [5, 5.41) is 6.90. The number of amides is 1. The summed E-state index contributed by atoms with van der Waals surface area (Å²) in [6.07, 6.45) is 4.10. The van der Waals surface area contributed by atoms with Gasteiger partial charge >= 0.3 is 5.97 Å². The summed E-state index contributed by atoms with van der Waals surface area (Å²) in [7, 11) is 0. The number of benzene rings is 1. The minimum Gasteiger partial charge on any atom is -0.462 e. The molecule has 3 rings (SSSR count). The van der Waals surface area contributed by atoms with Crippen molar-refractivity contribution in [3.63, 3.8) is 0 Å². The molecule has 0 aliphatic rings. The molecule has 0 aliphatic carbocycles. The van der Waals surface area contributed by atoms with Gasteiger partial charge in [0, 0.05) is 23.0 Å². The lowest BCUT2D eigenvalue weighted by Gasteiger charge is -2.05. The van der Waals surface area contributed by atoms with Crippen LogP contribution in [0.1, 0.15) is 27.8 Å². The minimum absolute atomic E-state index is 0.00594. The molecule has 2 aromatic heterocycles. The van der Waals surface area contributed by atoms with Crippen molar-refractivity contribution >= 4 is 29.4 Å². The van der Waals surface area contributed by atoms with Crippen molar-refractivity contribution in [3.8, 4) is 11.3 Å². The van der Waals surface area contributed by atoms with Crippen molar-refractivity contribution in [3.05, 3.63) is 59.1 Å². The van der Waals surface area contributed by atoms with Crippen LogP contribution in [-0.4, -0.2) is 33.6 Å². The van der Waals surface area contributed by atoms with Gasteiger partial charge in [0.15, 0.2) is 5.56 Å². The number of carbonyl (C=O) groups is 2. The van der Waals surface area contributed by atoms with Crippen LogP contribution >= 0.6 is 11.6 Å². The molecule has 1 amide bonds. The van der Waals surface area contributed by atoms with E-state index in [4.69, 9.17) is 20.9 Å². The third-order valence-corrected chi connectivity index (χ3v) is 3.56. The fraction of sp³-hybridized carbons (Fsp3) is 0.118. The Bertz CT molecular complexity index is 926. The molecule has 3 aromatic rings. The predicted molar refractivity (Wildman–Crippen MR) is 92.9 cm³/mol. The first-order chi connectivity index (χ1) is 12.6. The summed E-state index contributed by atoms with van der Waals surface area (Å²) in [5.41, 5.74) is 0.883. The first-order valence-electron chi connectivity index (χ1n) is 7.60. The fourth-order valence-corrected chi connectivity index (χ4v) is 2.28. The zero-order chi connectivity index (χ0) is 18.5. The van der Waals surface area contributed by atoms with Gasteiger partial charge < -0.3 is 9.26 Å². The van der Waals surface area contributed by atoms with Crippen molar-refractivity contribution in [1.29, 1.82) is 0 Å². The van der Waals surface area contributed by atoms with Gasteiger partial charge in [-0.2, -0.15) is 0 Å². The van der Waals surface area contributed by atoms with E-state index < -0.39 is 11.9 Å². The number of ether oxygens (including phenoxy) is 1. The van der Waals surface area contributed by atoms with Gasteiger partial charge in [-0.3, -0.25) is 15.1 Å². The standard InChI is InChI=1S/C17H13ClN4O4/c1-2-25-17(24)13-14(10-3-5-11(18)6-4-10)22-26-16(13)21-15(23)12-9-19-7-8-20-12/h3-9H,2H2,1H3,(H,21,23). The van der Waals surface area contributed by atoms with Crippen LogP contribution in [0.4, 0.5) is 5.88 Å². The molecule has 0 radical (unpaired) electrons. The molecule has 0 spiro atoms. The predicted octanol–water partition coefficient (Wildman–Crippen LogP) is 3.21. The van der Waals surface area contributed by atoms with Crippen LogP contribution in [0, 0.1) is 0 Å². The van der Waals surface area contributed by atoms with Crippen molar-refractivity contribution in [2.45, 2.75) is 6.92 Å². The molecule has 0 aliphatic heterocycles. The summed E-state index contributed by atoms with van der Waals surface area (Å²) in [6.45, 7) is 1.83. The van der Waals surface area contributed by atoms with E-state index in [1.807, 2.05) is 0 Å². The van der Waals surface area contributed by atoms with Gasteiger partial charge in [0.05, 0.1) is 12.8 Å². The second-order valence-electron chi connectivity index (χ2n) is 5.01. The Kier molecular flexibility index (Phi) is 5.23. The molecule has 0 saturated heterocycles. The summed E-state index contributed by atoms with van der Waals surface area (Å²) < 4.78 is 10.2. The molecule has 0 unspecified atom stereocenters. The van der Waals surface area contributed by atoms with Gasteiger partial charge in [-0.15, -0.1) is 0 Å². The number of halogens is 1. The number of aromatic nitrogens is 3. The lowest BCUT2D eigenvalue weighted by Crippen LogP contribution is -2.16. The Labute approximate surface area is 153 Å². The Morgan fingerprint density at radius 2 is 2.00 bits per heavy atom. The Balaban J connectivity index is 1.98. The normalized spacial score (nSPS) is 10.4. The van der Waals surface area contributed by atoms with Gasteiger partial charge in [-0.05, 0) is 19.1 Å². The number of nitrogens with one attached hydrogen (secondary N) is 1. The van der Waals surface area contributed by atoms with Gasteiger partial charge in [-0.1, -0.05) is 28.9 Å². The highest BCUT2D eigenvalue weighted by Crippen LogP contribution is 2.30. The van der Waals surface area contributed by atoms with Crippen LogP contribution in [0.15, 0.2) is 47.4 Å². The van der Waals surface area contributed by atoms with E-state index in [2.05, 4.69) is 20.4 Å². The van der Waals surface area contributed by atoms with Crippen LogP contribution in [0.2, 0.25) is 5.02 Å². The molecule has 2 heterocycles. The van der Waals surface area contributed by atoms with Crippen LogP contribution in [0.25, 0.3) is 11.3 Å². The van der Waals surface area contributed by atoms with E-state index in [1.165, 1.54) is 18.6 Å². The average Bonchev–Trinajstić information content (AvgIpc) is 3.07. The van der Waals surface area contributed by atoms with Crippen molar-refractivity contribution in [2.24, 2.45) is 0 Å². The van der Waals surface area contributed by atoms with Crippen LogP contribution in [-0.2, 0) is 4.74 Å². The maximum absolute atomic E-state index is 12.4. The summed E-state index contributed by atoms with van der Waals surface area (Å²) in [5.74, 6) is -1.40. The van der Waals surface area contributed by atoms with Gasteiger partial charge in [0.2, 0.25) is 5.88 Å². The fourth-order valence-electron chi connectivity index (χ4n) is 2.16. The SMILES string of the molecule is CCOC(=O)c1c(-c2ccc(Cl)cc2)noc1NC(=O)c1cnccn1. The summed E-state index contributed by atoms with van der Waals surface area (Å²) in [4.78, 5) is 32.4. The average molecular weight is 373 g/mol. The number of anilines is 1. The van der Waals surface area contributed by atoms with Gasteiger partial charge in [0.25, 0.3) is 5.91 Å². The van der Waals surface area contributed by atoms with Gasteiger partial charge in [0.1, 0.15) is 11.4 Å². The van der Waals surface area contributed by atoms with Crippen LogP contribution < -0.4 is 5.32 Å². The molecule has 8 nitrogen and oxygen atoms in total. The third kappa shape index (κ3) is 3.70. The second-order valence-corrected chi connectivity index (χ2v) is 5.44. The molecule has 26 heavy (non-hydrogen) atoms. The van der Waals surface area contributed by atoms with Crippen molar-refractivity contribution in [1.82, 2.24) is 15.1 Å². The molecule has 0 saturated carbocycles. The molecule has 0 bridgehead atoms. The molecule has 9 heteroatoms. The highest BCUT2D eigenvalue weighted by atomic mass is 35.5. The molecule has 1 N–H and O–H groups in total. The van der Waals surface area contributed by atoms with Crippen LogP contribution in [0.5, 0.6) is 0 Å². The number of nitrogens with zero attached hydrogens (tertiary/aromatic N) is 3. The molecular formula is C17H13ClN4O4. The first-order valence-corrected chi connectivity index (χ1v) is 7.98. The molecule has 0 atom stereocenters. The Morgan fingerprint density at radius 3 is 2.65 bits per heavy atom. The third-order valence-electron chi connectivity index (χ3n) is 3.31. The largest absolute Gasteiger partial charge is 0.462 e. The number of hydrogen-bond acceptors (Lipinski definition) is 7. The maximum Gasteiger partial charge on any atom is 0.346 e. The quantitative estimate of drug-likeness (QED) is 0.685. The first kappa shape index (κ1) is 17.6. The number of esters is 1. The van der Waals surface area contributed by atoms with E-state index in [-0.39, 0.29) is 29.4 Å². The van der Waals surface area contributed by atoms with Crippen molar-refractivity contribution in [2.75, 3.05) is 11.9 Å². The molecule has 132 valence electrons. The highest BCUT2D eigenvalue weighted by Gasteiger charge is 2.27. The van der Waals surface area contributed by atoms with Crippen LogP contribution in [0.3, 0.4) is 0 Å². The second kappa shape index (κ2) is 7.75. The lowest BCUT2D eigenvalue weighted by atomic mass is 10.1. The lowest BCUT2D eigenvalue weighted by molar-refractivity contribution is 0.0528. The molecule has 0 fully saturated rings. The Morgan fingerprint density at radius 1 is 1.23 bits per heavy atom. The van der Waals surface area contributed by atoms with E-state index in [0.29, 0.717) is 10.6 Å². The smallest absolute Gasteiger partial charge is 0.346 e. The number of carbonyl (C=O) groups excluding carboxylic acids is 2. The summed E-state index contributed by atoms with van der Waals surface area (Å²) >= 11 is 5.89. The topological polar surface area (TPSA) is 107 Å². The number of rotatable bonds is 5. The maximum atomic E-state index is 12.4. The molecule has 1 aromatic carbocycles. The number of hydrogen-bond donors (Lipinski definition) is 1. The molecular weight excluding hydrogens is 360 g/mol. The minimum atomic E-state index is -0.673. The van der Waals surface area contributed by atoms with E-state index >= 15 is 0 Å². The van der Waals surface area contributed by atoms with Crippen molar-refractivity contribution < 1.29 is 18.8 Å². The zero-order valence-corrected chi connectivity index (χ0v) is 14.4. The van der Waals surface area contributed by atoms with E-state index in [9.17, 15) is 9.59 Å². The van der Waals surface area contributed by atoms with E-state index in [1.54, 1.807) is 31.2 Å². The highest BCUT2D eigenvalue weighted by molar-refractivity contribution is 6.30. The summed E-state index contributed by atoms with van der Waals surface area (Å²) in [6, 6.07) is 6.66. The zero-order valence-electron chi connectivity index (χ0n) is 13.6. The van der Waals surface area contributed by atoms with E-state index in [0.717, 1.165) is 0 Å². The monoisotopic (exact) mass is 372 g/mol. The Hall–Kier alpha value is -3.26.